The van der Waals surface area contributed by atoms with E-state index in [0.717, 1.165) is 16.8 Å². The summed E-state index contributed by atoms with van der Waals surface area (Å²) >= 11 is 0. The summed E-state index contributed by atoms with van der Waals surface area (Å²) in [4.78, 5) is 15.1. The van der Waals surface area contributed by atoms with Crippen LogP contribution in [0.25, 0.3) is 0 Å². The summed E-state index contributed by atoms with van der Waals surface area (Å²) in [6.45, 7) is 3.30. The van der Waals surface area contributed by atoms with Gasteiger partial charge in [0.15, 0.2) is 0 Å². The zero-order valence-electron chi connectivity index (χ0n) is 10.8. The number of rotatable bonds is 5. The Bertz CT molecular complexity index is 565. The minimum absolute atomic E-state index is 0.316. The van der Waals surface area contributed by atoms with Crippen molar-refractivity contribution in [2.45, 2.75) is 20.0 Å². The molecule has 4 nitrogen and oxygen atoms in total. The van der Waals surface area contributed by atoms with Gasteiger partial charge in [-0.25, -0.2) is 4.79 Å². The fourth-order valence-corrected chi connectivity index (χ4v) is 1.77. The van der Waals surface area contributed by atoms with Crippen LogP contribution in [0, 0.1) is 6.92 Å². The summed E-state index contributed by atoms with van der Waals surface area (Å²) in [5, 5.41) is 12.2. The molecule has 0 saturated heterocycles. The van der Waals surface area contributed by atoms with Gasteiger partial charge >= 0.3 is 5.97 Å². The third kappa shape index (κ3) is 3.89. The van der Waals surface area contributed by atoms with Crippen molar-refractivity contribution in [3.8, 4) is 0 Å². The summed E-state index contributed by atoms with van der Waals surface area (Å²) in [5.41, 5.74) is 3.38. The van der Waals surface area contributed by atoms with Crippen LogP contribution in [0.2, 0.25) is 0 Å². The van der Waals surface area contributed by atoms with Gasteiger partial charge in [-0.2, -0.15) is 0 Å². The number of pyridine rings is 1. The molecule has 4 heteroatoms. The Balaban J connectivity index is 1.90. The maximum Gasteiger partial charge on any atom is 0.335 e. The summed E-state index contributed by atoms with van der Waals surface area (Å²) in [5.74, 6) is -0.899. The number of nitrogens with zero attached hydrogens (tertiary/aromatic N) is 1. The first-order valence-electron chi connectivity index (χ1n) is 6.09. The number of carboxylic acids is 1. The number of aryl methyl sites for hydroxylation is 1. The van der Waals surface area contributed by atoms with Gasteiger partial charge in [-0.15, -0.1) is 0 Å². The lowest BCUT2D eigenvalue weighted by Gasteiger charge is -2.06. The van der Waals surface area contributed by atoms with Gasteiger partial charge in [0.1, 0.15) is 0 Å². The molecule has 98 valence electrons. The quantitative estimate of drug-likeness (QED) is 0.862. The van der Waals surface area contributed by atoms with E-state index < -0.39 is 5.97 Å². The van der Waals surface area contributed by atoms with Gasteiger partial charge in [0.05, 0.1) is 5.56 Å². The Morgan fingerprint density at radius 2 is 2.00 bits per heavy atom. The second-order valence-electron chi connectivity index (χ2n) is 4.42. The first kappa shape index (κ1) is 13.2. The average molecular weight is 256 g/mol. The molecule has 1 aromatic heterocycles. The molecule has 0 amide bonds. The summed E-state index contributed by atoms with van der Waals surface area (Å²) in [6, 6.07) is 10.9. The Labute approximate surface area is 112 Å². The molecule has 0 bridgehead atoms. The number of hydrogen-bond acceptors (Lipinski definition) is 3. The van der Waals surface area contributed by atoms with Crippen molar-refractivity contribution in [2.24, 2.45) is 0 Å². The number of nitrogens with one attached hydrogen (secondary N) is 1. The SMILES string of the molecule is Cc1ccc(CNCc2cccc(C(=O)O)c2)cn1. The number of carbonyl (C=O) groups is 1. The van der Waals surface area contributed by atoms with Crippen molar-refractivity contribution in [1.82, 2.24) is 10.3 Å². The highest BCUT2D eigenvalue weighted by atomic mass is 16.4. The molecule has 2 N–H and O–H groups in total. The Kier molecular flexibility index (Phi) is 4.26. The third-order valence-electron chi connectivity index (χ3n) is 2.80. The summed E-state index contributed by atoms with van der Waals surface area (Å²) in [7, 11) is 0. The van der Waals surface area contributed by atoms with E-state index in [4.69, 9.17) is 5.11 Å². The van der Waals surface area contributed by atoms with E-state index in [-0.39, 0.29) is 0 Å². The fraction of sp³-hybridized carbons (Fsp3) is 0.200. The van der Waals surface area contributed by atoms with E-state index in [0.29, 0.717) is 18.7 Å². The zero-order chi connectivity index (χ0) is 13.7. The second kappa shape index (κ2) is 6.11. The van der Waals surface area contributed by atoms with Crippen LogP contribution < -0.4 is 5.32 Å². The molecule has 0 aliphatic heterocycles. The van der Waals surface area contributed by atoms with Crippen LogP contribution >= 0.6 is 0 Å². The highest BCUT2D eigenvalue weighted by Crippen LogP contribution is 2.06. The normalized spacial score (nSPS) is 10.4. The van der Waals surface area contributed by atoms with E-state index in [1.165, 1.54) is 0 Å². The lowest BCUT2D eigenvalue weighted by atomic mass is 10.1. The smallest absolute Gasteiger partial charge is 0.335 e. The van der Waals surface area contributed by atoms with E-state index in [9.17, 15) is 4.79 Å². The monoisotopic (exact) mass is 256 g/mol. The number of aromatic carboxylic acids is 1. The van der Waals surface area contributed by atoms with Crippen LogP contribution in [0.4, 0.5) is 0 Å². The first-order chi connectivity index (χ1) is 9.15. The molecule has 1 aromatic carbocycles. The molecule has 1 heterocycles. The molecule has 0 aliphatic carbocycles. The first-order valence-corrected chi connectivity index (χ1v) is 6.09. The standard InChI is InChI=1S/C15H16N2O2/c1-11-5-6-13(10-17-11)9-16-8-12-3-2-4-14(7-12)15(18)19/h2-7,10,16H,8-9H2,1H3,(H,18,19). The zero-order valence-corrected chi connectivity index (χ0v) is 10.8. The van der Waals surface area contributed by atoms with Crippen molar-refractivity contribution in [2.75, 3.05) is 0 Å². The molecule has 0 unspecified atom stereocenters. The summed E-state index contributed by atoms with van der Waals surface area (Å²) < 4.78 is 0. The summed E-state index contributed by atoms with van der Waals surface area (Å²) in [6.07, 6.45) is 1.84. The average Bonchev–Trinajstić information content (AvgIpc) is 2.41. The Morgan fingerprint density at radius 3 is 2.68 bits per heavy atom. The Morgan fingerprint density at radius 1 is 1.21 bits per heavy atom. The molecule has 2 rings (SSSR count). The molecule has 0 saturated carbocycles. The lowest BCUT2D eigenvalue weighted by molar-refractivity contribution is 0.0696. The van der Waals surface area contributed by atoms with Crippen LogP contribution in [0.5, 0.6) is 0 Å². The molecular formula is C15H16N2O2. The van der Waals surface area contributed by atoms with Gasteiger partial charge in [-0.3, -0.25) is 4.98 Å². The third-order valence-corrected chi connectivity index (χ3v) is 2.80. The number of carboxylic acid groups (broad SMARTS) is 1. The number of benzene rings is 1. The Hall–Kier alpha value is -2.20. The van der Waals surface area contributed by atoms with Crippen molar-refractivity contribution in [3.63, 3.8) is 0 Å². The minimum Gasteiger partial charge on any atom is -0.478 e. The number of hydrogen-bond donors (Lipinski definition) is 2. The minimum atomic E-state index is -0.899. The molecule has 19 heavy (non-hydrogen) atoms. The number of aromatic nitrogens is 1. The predicted molar refractivity (Wildman–Crippen MR) is 72.9 cm³/mol. The maximum absolute atomic E-state index is 10.9. The van der Waals surface area contributed by atoms with Crippen LogP contribution in [0.15, 0.2) is 42.6 Å². The van der Waals surface area contributed by atoms with E-state index in [1.807, 2.05) is 31.3 Å². The van der Waals surface area contributed by atoms with Crippen LogP contribution in [-0.4, -0.2) is 16.1 Å². The highest BCUT2D eigenvalue weighted by Gasteiger charge is 2.02. The predicted octanol–water partition coefficient (Wildman–Crippen LogP) is 2.38. The molecule has 0 radical (unpaired) electrons. The van der Waals surface area contributed by atoms with Crippen molar-refractivity contribution >= 4 is 5.97 Å². The van der Waals surface area contributed by atoms with Gasteiger partial charge in [0.2, 0.25) is 0 Å². The topological polar surface area (TPSA) is 62.2 Å². The van der Waals surface area contributed by atoms with Crippen molar-refractivity contribution < 1.29 is 9.90 Å². The van der Waals surface area contributed by atoms with E-state index in [1.54, 1.807) is 18.2 Å². The molecule has 2 aromatic rings. The fourth-order valence-electron chi connectivity index (χ4n) is 1.77. The maximum atomic E-state index is 10.9. The van der Waals surface area contributed by atoms with E-state index in [2.05, 4.69) is 10.3 Å². The van der Waals surface area contributed by atoms with Crippen LogP contribution in [-0.2, 0) is 13.1 Å². The molecule has 0 fully saturated rings. The molecule has 0 atom stereocenters. The molecular weight excluding hydrogens is 240 g/mol. The highest BCUT2D eigenvalue weighted by molar-refractivity contribution is 5.87. The molecule has 0 aliphatic rings. The van der Waals surface area contributed by atoms with Gasteiger partial charge in [0, 0.05) is 25.0 Å². The lowest BCUT2D eigenvalue weighted by Crippen LogP contribution is -2.13. The van der Waals surface area contributed by atoms with Gasteiger partial charge in [-0.1, -0.05) is 18.2 Å². The van der Waals surface area contributed by atoms with Gasteiger partial charge in [-0.05, 0) is 36.2 Å². The van der Waals surface area contributed by atoms with Gasteiger partial charge in [0.25, 0.3) is 0 Å². The second-order valence-corrected chi connectivity index (χ2v) is 4.42. The van der Waals surface area contributed by atoms with Crippen LogP contribution in [0.3, 0.4) is 0 Å². The van der Waals surface area contributed by atoms with Crippen molar-refractivity contribution in [3.05, 3.63) is 65.0 Å². The van der Waals surface area contributed by atoms with E-state index >= 15 is 0 Å². The van der Waals surface area contributed by atoms with Gasteiger partial charge < -0.3 is 10.4 Å². The van der Waals surface area contributed by atoms with Crippen LogP contribution in [0.1, 0.15) is 27.2 Å². The largest absolute Gasteiger partial charge is 0.478 e. The van der Waals surface area contributed by atoms with Crippen molar-refractivity contribution in [1.29, 1.82) is 0 Å². The molecule has 0 spiro atoms.